The van der Waals surface area contributed by atoms with Gasteiger partial charge in [-0.15, -0.1) is 0 Å². The lowest BCUT2D eigenvalue weighted by atomic mass is 10.4. The van der Waals surface area contributed by atoms with Crippen LogP contribution in [0.2, 0.25) is 0 Å². The molecule has 0 fully saturated rings. The maximum absolute atomic E-state index is 5.46. The first-order valence-electron chi connectivity index (χ1n) is 4.28. The number of rotatable bonds is 7. The Morgan fingerprint density at radius 1 is 1.46 bits per heavy atom. The Hall–Kier alpha value is -0.800. The van der Waals surface area contributed by atoms with Crippen LogP contribution in [0.3, 0.4) is 0 Å². The summed E-state index contributed by atoms with van der Waals surface area (Å²) in [7, 11) is 5.67. The van der Waals surface area contributed by atoms with Crippen molar-refractivity contribution in [2.24, 2.45) is 0 Å². The highest BCUT2D eigenvalue weighted by atomic mass is 16.5. The fourth-order valence-corrected chi connectivity index (χ4v) is 0.771. The molecular weight excluding hydrogens is 166 g/mol. The van der Waals surface area contributed by atoms with E-state index in [1.165, 1.54) is 0 Å². The lowest BCUT2D eigenvalue weighted by Crippen LogP contribution is -2.18. The van der Waals surface area contributed by atoms with Crippen LogP contribution >= 0.6 is 0 Å². The quantitative estimate of drug-likeness (QED) is 0.440. The maximum atomic E-state index is 5.46. The summed E-state index contributed by atoms with van der Waals surface area (Å²) in [5.74, 6) is 0.819. The molecule has 0 aromatic heterocycles. The van der Waals surface area contributed by atoms with Crippen LogP contribution in [0.25, 0.3) is 0 Å². The van der Waals surface area contributed by atoms with Gasteiger partial charge in [0.05, 0.1) is 0 Å². The molecule has 0 aromatic carbocycles. The van der Waals surface area contributed by atoms with Gasteiger partial charge in [-0.3, -0.25) is 0 Å². The van der Waals surface area contributed by atoms with Crippen LogP contribution in [0.5, 0.6) is 0 Å². The second-order valence-electron chi connectivity index (χ2n) is 2.95. The van der Waals surface area contributed by atoms with Gasteiger partial charge >= 0.3 is 0 Å². The van der Waals surface area contributed by atoms with Crippen LogP contribution in [0.15, 0.2) is 24.5 Å². The third kappa shape index (κ3) is 7.56. The summed E-state index contributed by atoms with van der Waals surface area (Å²) in [6.07, 6.45) is 3.52. The normalized spacial score (nSPS) is 11.8. The molecule has 0 rings (SSSR count). The van der Waals surface area contributed by atoms with E-state index in [1.54, 1.807) is 13.2 Å². The van der Waals surface area contributed by atoms with Crippen molar-refractivity contribution in [2.75, 3.05) is 41.0 Å². The molecule has 13 heavy (non-hydrogen) atoms. The standard InChI is InChI=1S/C10H19NO2/c1-5-6-10(9-12-4)13-8-7-11(2)3/h5-6H,1,7-9H2,2-4H3/b10-6-. The van der Waals surface area contributed by atoms with Crippen molar-refractivity contribution in [3.8, 4) is 0 Å². The predicted molar refractivity (Wildman–Crippen MR) is 54.7 cm³/mol. The second-order valence-corrected chi connectivity index (χ2v) is 2.95. The summed E-state index contributed by atoms with van der Waals surface area (Å²) >= 11 is 0. The number of likely N-dealkylation sites (N-methyl/N-ethyl adjacent to an activating group) is 1. The fraction of sp³-hybridized carbons (Fsp3) is 0.600. The number of ether oxygens (including phenoxy) is 2. The van der Waals surface area contributed by atoms with E-state index in [4.69, 9.17) is 9.47 Å². The first-order chi connectivity index (χ1) is 6.20. The predicted octanol–water partition coefficient (Wildman–Crippen LogP) is 1.28. The van der Waals surface area contributed by atoms with E-state index < -0.39 is 0 Å². The number of hydrogen-bond donors (Lipinski definition) is 0. The molecule has 0 unspecified atom stereocenters. The molecule has 76 valence electrons. The van der Waals surface area contributed by atoms with Crippen molar-refractivity contribution in [3.05, 3.63) is 24.5 Å². The Balaban J connectivity index is 3.69. The molecule has 0 aliphatic heterocycles. The minimum absolute atomic E-state index is 0.499. The topological polar surface area (TPSA) is 21.7 Å². The zero-order chi connectivity index (χ0) is 10.1. The van der Waals surface area contributed by atoms with Gasteiger partial charge in [0.25, 0.3) is 0 Å². The van der Waals surface area contributed by atoms with E-state index >= 15 is 0 Å². The average Bonchev–Trinajstić information content (AvgIpc) is 2.04. The number of methoxy groups -OCH3 is 1. The molecule has 0 radical (unpaired) electrons. The summed E-state index contributed by atoms with van der Waals surface area (Å²) in [6, 6.07) is 0. The number of hydrogen-bond acceptors (Lipinski definition) is 3. The smallest absolute Gasteiger partial charge is 0.122 e. The molecule has 0 heterocycles. The highest BCUT2D eigenvalue weighted by molar-refractivity contribution is 5.04. The van der Waals surface area contributed by atoms with Gasteiger partial charge in [-0.2, -0.15) is 0 Å². The molecule has 0 aromatic rings. The van der Waals surface area contributed by atoms with Crippen molar-refractivity contribution in [2.45, 2.75) is 0 Å². The van der Waals surface area contributed by atoms with E-state index in [9.17, 15) is 0 Å². The first-order valence-corrected chi connectivity index (χ1v) is 4.28. The third-order valence-corrected chi connectivity index (χ3v) is 1.42. The Bertz CT molecular complexity index is 164. The molecule has 0 amide bonds. The number of allylic oxidation sites excluding steroid dienone is 2. The third-order valence-electron chi connectivity index (χ3n) is 1.42. The van der Waals surface area contributed by atoms with E-state index in [2.05, 4.69) is 11.5 Å². The highest BCUT2D eigenvalue weighted by Crippen LogP contribution is 1.98. The lowest BCUT2D eigenvalue weighted by Gasteiger charge is -2.12. The van der Waals surface area contributed by atoms with Gasteiger partial charge < -0.3 is 14.4 Å². The van der Waals surface area contributed by atoms with Gasteiger partial charge in [-0.05, 0) is 20.2 Å². The van der Waals surface area contributed by atoms with Crippen molar-refractivity contribution in [1.82, 2.24) is 4.90 Å². The zero-order valence-electron chi connectivity index (χ0n) is 8.75. The molecule has 0 bridgehead atoms. The zero-order valence-corrected chi connectivity index (χ0v) is 8.75. The van der Waals surface area contributed by atoms with E-state index in [-0.39, 0.29) is 0 Å². The van der Waals surface area contributed by atoms with Crippen molar-refractivity contribution >= 4 is 0 Å². The van der Waals surface area contributed by atoms with E-state index in [1.807, 2.05) is 20.2 Å². The number of nitrogens with zero attached hydrogens (tertiary/aromatic N) is 1. The van der Waals surface area contributed by atoms with Crippen LogP contribution in [0, 0.1) is 0 Å². The van der Waals surface area contributed by atoms with Gasteiger partial charge in [0.15, 0.2) is 0 Å². The van der Waals surface area contributed by atoms with Gasteiger partial charge in [0, 0.05) is 13.7 Å². The second kappa shape index (κ2) is 7.83. The van der Waals surface area contributed by atoms with Crippen LogP contribution in [0.1, 0.15) is 0 Å². The van der Waals surface area contributed by atoms with Crippen molar-refractivity contribution in [3.63, 3.8) is 0 Å². The van der Waals surface area contributed by atoms with E-state index in [0.29, 0.717) is 13.2 Å². The summed E-state index contributed by atoms with van der Waals surface area (Å²) in [4.78, 5) is 2.07. The molecule has 0 aliphatic rings. The van der Waals surface area contributed by atoms with Gasteiger partial charge in [-0.25, -0.2) is 0 Å². The monoisotopic (exact) mass is 185 g/mol. The lowest BCUT2D eigenvalue weighted by molar-refractivity contribution is 0.121. The Labute approximate surface area is 80.6 Å². The van der Waals surface area contributed by atoms with Crippen LogP contribution in [-0.4, -0.2) is 45.9 Å². The molecule has 0 N–H and O–H groups in total. The van der Waals surface area contributed by atoms with Crippen molar-refractivity contribution in [1.29, 1.82) is 0 Å². The molecule has 0 saturated carbocycles. The van der Waals surface area contributed by atoms with E-state index in [0.717, 1.165) is 12.3 Å². The van der Waals surface area contributed by atoms with Gasteiger partial charge in [0.2, 0.25) is 0 Å². The summed E-state index contributed by atoms with van der Waals surface area (Å²) in [6.45, 7) is 5.68. The summed E-state index contributed by atoms with van der Waals surface area (Å²) < 4.78 is 10.4. The van der Waals surface area contributed by atoms with Crippen LogP contribution in [-0.2, 0) is 9.47 Å². The Morgan fingerprint density at radius 3 is 2.62 bits per heavy atom. The molecule has 3 nitrogen and oxygen atoms in total. The van der Waals surface area contributed by atoms with Gasteiger partial charge in [0.1, 0.15) is 19.0 Å². The first kappa shape index (κ1) is 12.2. The average molecular weight is 185 g/mol. The molecule has 3 heteroatoms. The summed E-state index contributed by atoms with van der Waals surface area (Å²) in [5, 5.41) is 0. The summed E-state index contributed by atoms with van der Waals surface area (Å²) in [5.41, 5.74) is 0. The molecule has 0 spiro atoms. The molecule has 0 atom stereocenters. The SMILES string of the molecule is C=C/C=C(/COC)OCCN(C)C. The molecule has 0 aliphatic carbocycles. The minimum Gasteiger partial charge on any atom is -0.494 e. The largest absolute Gasteiger partial charge is 0.494 e. The maximum Gasteiger partial charge on any atom is 0.122 e. The fourth-order valence-electron chi connectivity index (χ4n) is 0.771. The van der Waals surface area contributed by atoms with Crippen LogP contribution < -0.4 is 0 Å². The molecular formula is C10H19NO2. The minimum atomic E-state index is 0.499. The van der Waals surface area contributed by atoms with Crippen molar-refractivity contribution < 1.29 is 9.47 Å². The molecule has 0 saturated heterocycles. The van der Waals surface area contributed by atoms with Crippen LogP contribution in [0.4, 0.5) is 0 Å². The Kier molecular flexibility index (Phi) is 7.35. The Morgan fingerprint density at radius 2 is 2.15 bits per heavy atom. The highest BCUT2D eigenvalue weighted by Gasteiger charge is 1.96. The van der Waals surface area contributed by atoms with Gasteiger partial charge in [-0.1, -0.05) is 12.7 Å².